The van der Waals surface area contributed by atoms with Gasteiger partial charge in [0.2, 0.25) is 0 Å². The Morgan fingerprint density at radius 3 is 2.89 bits per heavy atom. The maximum absolute atomic E-state index is 12.0. The molecule has 0 saturated carbocycles. The van der Waals surface area contributed by atoms with Gasteiger partial charge in [0, 0.05) is 12.4 Å². The van der Waals surface area contributed by atoms with E-state index in [1.165, 1.54) is 0 Å². The molecule has 0 aliphatic carbocycles. The number of fused-ring (bicyclic) bond motifs is 1. The van der Waals surface area contributed by atoms with E-state index < -0.39 is 6.10 Å². The molecule has 0 saturated heterocycles. The molecule has 3 rings (SSSR count). The van der Waals surface area contributed by atoms with Crippen LogP contribution in [0.2, 0.25) is 0 Å². The van der Waals surface area contributed by atoms with Crippen LogP contribution < -0.4 is 15.5 Å². The highest BCUT2D eigenvalue weighted by Crippen LogP contribution is 2.28. The summed E-state index contributed by atoms with van der Waals surface area (Å²) in [6.45, 7) is 0.462. The van der Waals surface area contributed by atoms with Gasteiger partial charge in [0.05, 0.1) is 12.2 Å². The Labute approximate surface area is 104 Å². The van der Waals surface area contributed by atoms with E-state index in [4.69, 9.17) is 4.74 Å². The lowest BCUT2D eigenvalue weighted by molar-refractivity contribution is -0.123. The molecule has 0 spiro atoms. The number of amides is 1. The molecular weight excluding hydrogens is 230 g/mol. The van der Waals surface area contributed by atoms with Gasteiger partial charge in [0.15, 0.2) is 6.10 Å². The molecule has 0 bridgehead atoms. The summed E-state index contributed by atoms with van der Waals surface area (Å²) in [5.74, 6) is 0.532. The summed E-state index contributed by atoms with van der Waals surface area (Å²) in [6.07, 6.45) is 3.01. The Bertz CT molecular complexity index is 551. The van der Waals surface area contributed by atoms with Crippen molar-refractivity contribution < 1.29 is 9.53 Å². The van der Waals surface area contributed by atoms with Crippen LogP contribution in [-0.2, 0) is 4.79 Å². The van der Waals surface area contributed by atoms with Crippen molar-refractivity contribution in [2.75, 3.05) is 17.3 Å². The highest BCUT2D eigenvalue weighted by atomic mass is 16.5. The maximum atomic E-state index is 12.0. The zero-order chi connectivity index (χ0) is 12.4. The van der Waals surface area contributed by atoms with E-state index in [0.29, 0.717) is 12.3 Å². The van der Waals surface area contributed by atoms with E-state index in [2.05, 4.69) is 10.7 Å². The smallest absolute Gasteiger partial charge is 0.281 e. The first-order valence-corrected chi connectivity index (χ1v) is 5.76. The van der Waals surface area contributed by atoms with Gasteiger partial charge in [-0.15, -0.1) is 0 Å². The third-order valence-electron chi connectivity index (χ3n) is 2.77. The molecule has 5 nitrogen and oxygen atoms in total. The average Bonchev–Trinajstić information content (AvgIpc) is 2.91. The van der Waals surface area contributed by atoms with Crippen molar-refractivity contribution in [1.82, 2.24) is 4.68 Å². The highest BCUT2D eigenvalue weighted by molar-refractivity contribution is 5.89. The van der Waals surface area contributed by atoms with Gasteiger partial charge in [-0.3, -0.25) is 14.9 Å². The van der Waals surface area contributed by atoms with Crippen LogP contribution in [0.1, 0.15) is 0 Å². The first-order chi connectivity index (χ1) is 8.83. The standard InChI is InChI=1S/C13H13N3O2/c17-13(15-16-7-3-4-8-16)12-9-14-10-5-1-2-6-11(10)18-12/h1-8,12,14H,9H2,(H,15,17). The van der Waals surface area contributed by atoms with Crippen molar-refractivity contribution >= 4 is 11.6 Å². The molecule has 0 radical (unpaired) electrons. The van der Waals surface area contributed by atoms with Gasteiger partial charge in [0.25, 0.3) is 5.91 Å². The second-order valence-electron chi connectivity index (χ2n) is 4.05. The summed E-state index contributed by atoms with van der Waals surface area (Å²) in [5.41, 5.74) is 3.65. The molecular formula is C13H13N3O2. The number of nitrogens with one attached hydrogen (secondary N) is 2. The van der Waals surface area contributed by atoms with E-state index in [0.717, 1.165) is 5.69 Å². The van der Waals surface area contributed by atoms with Crippen molar-refractivity contribution in [3.8, 4) is 5.75 Å². The Morgan fingerprint density at radius 2 is 2.06 bits per heavy atom. The summed E-state index contributed by atoms with van der Waals surface area (Å²) in [6, 6.07) is 11.3. The van der Waals surface area contributed by atoms with Gasteiger partial charge < -0.3 is 10.1 Å². The number of hydrogen-bond acceptors (Lipinski definition) is 3. The SMILES string of the molecule is O=C(Nn1cccc1)C1CNc2ccccc2O1. The fraction of sp³-hybridized carbons (Fsp3) is 0.154. The predicted molar refractivity (Wildman–Crippen MR) is 68.1 cm³/mol. The van der Waals surface area contributed by atoms with E-state index in [1.807, 2.05) is 36.4 Å². The van der Waals surface area contributed by atoms with E-state index >= 15 is 0 Å². The minimum absolute atomic E-state index is 0.173. The predicted octanol–water partition coefficient (Wildman–Crippen LogP) is 1.43. The van der Waals surface area contributed by atoms with Crippen LogP contribution in [0.3, 0.4) is 0 Å². The van der Waals surface area contributed by atoms with Crippen molar-refractivity contribution in [1.29, 1.82) is 0 Å². The van der Waals surface area contributed by atoms with Crippen LogP contribution in [0, 0.1) is 0 Å². The quantitative estimate of drug-likeness (QED) is 0.839. The number of carbonyl (C=O) groups excluding carboxylic acids is 1. The molecule has 0 fully saturated rings. The Balaban J connectivity index is 1.70. The minimum atomic E-state index is -0.526. The first-order valence-electron chi connectivity index (χ1n) is 5.76. The van der Waals surface area contributed by atoms with Gasteiger partial charge >= 0.3 is 0 Å². The molecule has 18 heavy (non-hydrogen) atoms. The molecule has 1 unspecified atom stereocenters. The third kappa shape index (κ3) is 2.02. The summed E-state index contributed by atoms with van der Waals surface area (Å²) in [7, 11) is 0. The third-order valence-corrected chi connectivity index (χ3v) is 2.77. The Hall–Kier alpha value is -2.43. The summed E-state index contributed by atoms with van der Waals surface area (Å²) in [5, 5.41) is 3.18. The Morgan fingerprint density at radius 1 is 1.28 bits per heavy atom. The Kier molecular flexibility index (Phi) is 2.64. The van der Waals surface area contributed by atoms with Crippen LogP contribution >= 0.6 is 0 Å². The minimum Gasteiger partial charge on any atom is -0.476 e. The summed E-state index contributed by atoms with van der Waals surface area (Å²) in [4.78, 5) is 12.0. The zero-order valence-electron chi connectivity index (χ0n) is 9.67. The number of nitrogens with zero attached hydrogens (tertiary/aromatic N) is 1. The molecule has 92 valence electrons. The lowest BCUT2D eigenvalue weighted by atomic mass is 10.2. The second kappa shape index (κ2) is 4.44. The molecule has 5 heteroatoms. The van der Waals surface area contributed by atoms with E-state index in [1.54, 1.807) is 17.1 Å². The molecule has 1 atom stereocenters. The van der Waals surface area contributed by atoms with E-state index in [-0.39, 0.29) is 5.91 Å². The van der Waals surface area contributed by atoms with Crippen LogP contribution in [0.15, 0.2) is 48.8 Å². The van der Waals surface area contributed by atoms with Crippen molar-refractivity contribution in [2.45, 2.75) is 6.10 Å². The van der Waals surface area contributed by atoms with Crippen molar-refractivity contribution in [3.63, 3.8) is 0 Å². The van der Waals surface area contributed by atoms with Crippen molar-refractivity contribution in [3.05, 3.63) is 48.8 Å². The number of aromatic nitrogens is 1. The van der Waals surface area contributed by atoms with Gasteiger partial charge in [0.1, 0.15) is 5.75 Å². The fourth-order valence-electron chi connectivity index (χ4n) is 1.87. The fourth-order valence-corrected chi connectivity index (χ4v) is 1.87. The van der Waals surface area contributed by atoms with Gasteiger partial charge in [-0.2, -0.15) is 0 Å². The number of hydrogen-bond donors (Lipinski definition) is 2. The molecule has 1 aliphatic rings. The van der Waals surface area contributed by atoms with Crippen LogP contribution in [0.4, 0.5) is 5.69 Å². The summed E-state index contributed by atoms with van der Waals surface area (Å²) < 4.78 is 7.26. The van der Waals surface area contributed by atoms with Crippen LogP contribution in [-0.4, -0.2) is 23.2 Å². The van der Waals surface area contributed by atoms with E-state index in [9.17, 15) is 4.79 Å². The lowest BCUT2D eigenvalue weighted by Crippen LogP contribution is -2.43. The van der Waals surface area contributed by atoms with Gasteiger partial charge in [-0.25, -0.2) is 0 Å². The average molecular weight is 243 g/mol. The number of carbonyl (C=O) groups is 1. The highest BCUT2D eigenvalue weighted by Gasteiger charge is 2.25. The zero-order valence-corrected chi connectivity index (χ0v) is 9.67. The van der Waals surface area contributed by atoms with Crippen molar-refractivity contribution in [2.24, 2.45) is 0 Å². The number of anilines is 1. The topological polar surface area (TPSA) is 55.3 Å². The molecule has 2 aromatic rings. The monoisotopic (exact) mass is 243 g/mol. The molecule has 2 heterocycles. The van der Waals surface area contributed by atoms with Crippen LogP contribution in [0.25, 0.3) is 0 Å². The van der Waals surface area contributed by atoms with Gasteiger partial charge in [-0.1, -0.05) is 12.1 Å². The molecule has 1 aromatic heterocycles. The van der Waals surface area contributed by atoms with Crippen LogP contribution in [0.5, 0.6) is 5.75 Å². The number of para-hydroxylation sites is 2. The largest absolute Gasteiger partial charge is 0.476 e. The normalized spacial score (nSPS) is 17.2. The molecule has 1 amide bonds. The first kappa shape index (κ1) is 10.7. The molecule has 1 aromatic carbocycles. The lowest BCUT2D eigenvalue weighted by Gasteiger charge is -2.26. The summed E-state index contributed by atoms with van der Waals surface area (Å²) >= 11 is 0. The maximum Gasteiger partial charge on any atom is 0.281 e. The second-order valence-corrected chi connectivity index (χ2v) is 4.05. The number of benzene rings is 1. The molecule has 2 N–H and O–H groups in total. The number of rotatable bonds is 2. The molecule has 1 aliphatic heterocycles. The van der Waals surface area contributed by atoms with Gasteiger partial charge in [-0.05, 0) is 24.3 Å². The number of ether oxygens (including phenoxy) is 1.